The lowest BCUT2D eigenvalue weighted by atomic mass is 10.1. The largest absolute Gasteiger partial charge is 0.497 e. The van der Waals surface area contributed by atoms with Crippen molar-refractivity contribution in [2.45, 2.75) is 32.6 Å². The van der Waals surface area contributed by atoms with Crippen molar-refractivity contribution in [3.63, 3.8) is 0 Å². The zero-order chi connectivity index (χ0) is 15.7. The first kappa shape index (κ1) is 15.1. The number of morpholine rings is 1. The molecule has 2 aromatic rings. The number of nitrogens with one attached hydrogen (secondary N) is 1. The van der Waals surface area contributed by atoms with Gasteiger partial charge in [0.25, 0.3) is 0 Å². The van der Waals surface area contributed by atoms with Crippen molar-refractivity contribution in [3.8, 4) is 5.75 Å². The smallest absolute Gasteiger partial charge is 0.336 e. The van der Waals surface area contributed by atoms with Crippen LogP contribution in [0.1, 0.15) is 19.4 Å². The van der Waals surface area contributed by atoms with Crippen LogP contribution in [0.3, 0.4) is 0 Å². The number of methoxy groups -OCH3 is 1. The Morgan fingerprint density at radius 3 is 2.64 bits per heavy atom. The first-order chi connectivity index (χ1) is 10.5. The minimum Gasteiger partial charge on any atom is -0.497 e. The van der Waals surface area contributed by atoms with Crippen LogP contribution < -0.4 is 15.3 Å². The molecule has 2 atom stereocenters. The Hall–Kier alpha value is -1.85. The SMILES string of the molecule is COc1ccc2c(C[NH+]3C[C@H](C)O[C@@H](C)C3)cc(=O)oc2c1. The second kappa shape index (κ2) is 6.10. The Kier molecular flexibility index (Phi) is 4.18. The molecule has 3 rings (SSSR count). The number of benzene rings is 1. The minimum atomic E-state index is -0.315. The second-order valence-electron chi connectivity index (χ2n) is 6.05. The molecule has 0 saturated carbocycles. The number of hydrogen-bond acceptors (Lipinski definition) is 4. The van der Waals surface area contributed by atoms with E-state index >= 15 is 0 Å². The quantitative estimate of drug-likeness (QED) is 0.860. The Morgan fingerprint density at radius 2 is 1.95 bits per heavy atom. The van der Waals surface area contributed by atoms with Gasteiger partial charge in [0.15, 0.2) is 0 Å². The van der Waals surface area contributed by atoms with Crippen molar-refractivity contribution >= 4 is 11.0 Å². The molecule has 0 amide bonds. The molecule has 0 bridgehead atoms. The van der Waals surface area contributed by atoms with E-state index < -0.39 is 0 Å². The van der Waals surface area contributed by atoms with E-state index in [0.29, 0.717) is 11.3 Å². The van der Waals surface area contributed by atoms with Crippen molar-refractivity contribution in [2.24, 2.45) is 0 Å². The zero-order valence-electron chi connectivity index (χ0n) is 13.2. The molecule has 1 aliphatic rings. The zero-order valence-corrected chi connectivity index (χ0v) is 13.2. The van der Waals surface area contributed by atoms with Crippen LogP contribution in [0.25, 0.3) is 11.0 Å². The Morgan fingerprint density at radius 1 is 1.23 bits per heavy atom. The molecular formula is C17H22NO4+. The van der Waals surface area contributed by atoms with Crippen LogP contribution >= 0.6 is 0 Å². The molecule has 2 heterocycles. The minimum absolute atomic E-state index is 0.241. The van der Waals surface area contributed by atoms with E-state index in [9.17, 15) is 4.79 Å². The molecule has 0 radical (unpaired) electrons. The molecule has 1 fully saturated rings. The standard InChI is InChI=1S/C17H21NO4/c1-11-8-18(9-12(2)21-11)10-13-6-17(19)22-16-7-14(20-3)4-5-15(13)16/h4-7,11-12H,8-10H2,1-3H3/p+1/t11-,12-/m0/s1. The molecule has 0 aliphatic carbocycles. The van der Waals surface area contributed by atoms with Crippen LogP contribution in [0.4, 0.5) is 0 Å². The summed E-state index contributed by atoms with van der Waals surface area (Å²) in [4.78, 5) is 13.3. The van der Waals surface area contributed by atoms with E-state index in [4.69, 9.17) is 13.9 Å². The fraction of sp³-hybridized carbons (Fsp3) is 0.471. The third kappa shape index (κ3) is 3.15. The van der Waals surface area contributed by atoms with Crippen LogP contribution in [-0.4, -0.2) is 32.4 Å². The molecule has 1 aliphatic heterocycles. The van der Waals surface area contributed by atoms with Gasteiger partial charge in [-0.15, -0.1) is 0 Å². The van der Waals surface area contributed by atoms with Gasteiger partial charge < -0.3 is 18.8 Å². The van der Waals surface area contributed by atoms with E-state index in [1.165, 1.54) is 4.90 Å². The third-order valence-corrected chi connectivity index (χ3v) is 4.09. The van der Waals surface area contributed by atoms with Crippen molar-refractivity contribution in [1.29, 1.82) is 0 Å². The van der Waals surface area contributed by atoms with Gasteiger partial charge >= 0.3 is 5.63 Å². The number of rotatable bonds is 3. The maximum atomic E-state index is 11.8. The molecule has 5 nitrogen and oxygen atoms in total. The van der Waals surface area contributed by atoms with Gasteiger partial charge in [-0.2, -0.15) is 0 Å². The molecule has 1 aromatic carbocycles. The van der Waals surface area contributed by atoms with Crippen LogP contribution in [0.15, 0.2) is 33.5 Å². The monoisotopic (exact) mass is 304 g/mol. The summed E-state index contributed by atoms with van der Waals surface area (Å²) in [5, 5.41) is 0.972. The van der Waals surface area contributed by atoms with E-state index in [1.807, 2.05) is 12.1 Å². The summed E-state index contributed by atoms with van der Waals surface area (Å²) in [7, 11) is 1.60. The lowest BCUT2D eigenvalue weighted by molar-refractivity contribution is -0.928. The van der Waals surface area contributed by atoms with Crippen molar-refractivity contribution in [2.75, 3.05) is 20.2 Å². The normalized spacial score (nSPS) is 25.3. The highest BCUT2D eigenvalue weighted by Crippen LogP contribution is 2.22. The van der Waals surface area contributed by atoms with Crippen LogP contribution in [0, 0.1) is 0 Å². The van der Waals surface area contributed by atoms with Crippen molar-refractivity contribution in [3.05, 3.63) is 40.2 Å². The Labute approximate surface area is 129 Å². The maximum absolute atomic E-state index is 11.8. The van der Waals surface area contributed by atoms with E-state index in [0.717, 1.165) is 30.6 Å². The molecule has 1 saturated heterocycles. The summed E-state index contributed by atoms with van der Waals surface area (Å²) in [5.41, 5.74) is 1.28. The molecule has 1 N–H and O–H groups in total. The highest BCUT2D eigenvalue weighted by molar-refractivity contribution is 5.81. The lowest BCUT2D eigenvalue weighted by Gasteiger charge is -2.32. The summed E-state index contributed by atoms with van der Waals surface area (Å²) in [6.07, 6.45) is 0.482. The van der Waals surface area contributed by atoms with Crippen molar-refractivity contribution in [1.82, 2.24) is 0 Å². The van der Waals surface area contributed by atoms with Gasteiger partial charge in [-0.3, -0.25) is 0 Å². The summed E-state index contributed by atoms with van der Waals surface area (Å²) in [6.45, 7) is 6.88. The number of fused-ring (bicyclic) bond motifs is 1. The van der Waals surface area contributed by atoms with Crippen LogP contribution in [0.2, 0.25) is 0 Å². The summed E-state index contributed by atoms with van der Waals surface area (Å²) in [6, 6.07) is 7.22. The van der Waals surface area contributed by atoms with Gasteiger partial charge in [0, 0.05) is 23.1 Å². The first-order valence-corrected chi connectivity index (χ1v) is 7.65. The molecule has 1 aromatic heterocycles. The second-order valence-corrected chi connectivity index (χ2v) is 6.05. The fourth-order valence-electron chi connectivity index (χ4n) is 3.29. The van der Waals surface area contributed by atoms with E-state index in [1.54, 1.807) is 19.2 Å². The molecule has 22 heavy (non-hydrogen) atoms. The fourth-order valence-corrected chi connectivity index (χ4v) is 3.29. The maximum Gasteiger partial charge on any atom is 0.336 e. The van der Waals surface area contributed by atoms with E-state index in [2.05, 4.69) is 13.8 Å². The molecule has 0 spiro atoms. The highest BCUT2D eigenvalue weighted by atomic mass is 16.5. The van der Waals surface area contributed by atoms with E-state index in [-0.39, 0.29) is 17.8 Å². The average molecular weight is 304 g/mol. The van der Waals surface area contributed by atoms with Gasteiger partial charge in [-0.25, -0.2) is 4.79 Å². The lowest BCUT2D eigenvalue weighted by Crippen LogP contribution is -3.14. The van der Waals surface area contributed by atoms with Crippen molar-refractivity contribution < 1.29 is 18.8 Å². The molecular weight excluding hydrogens is 282 g/mol. The van der Waals surface area contributed by atoms with Crippen LogP contribution in [0.5, 0.6) is 5.75 Å². The Bertz CT molecular complexity index is 714. The first-order valence-electron chi connectivity index (χ1n) is 7.65. The average Bonchev–Trinajstić information content (AvgIpc) is 2.45. The van der Waals surface area contributed by atoms with Crippen LogP contribution in [-0.2, 0) is 11.3 Å². The predicted octanol–water partition coefficient (Wildman–Crippen LogP) is 0.994. The number of hydrogen-bond donors (Lipinski definition) is 1. The molecule has 5 heteroatoms. The topological polar surface area (TPSA) is 53.1 Å². The summed E-state index contributed by atoms with van der Waals surface area (Å²) >= 11 is 0. The Balaban J connectivity index is 1.94. The number of ether oxygens (including phenoxy) is 2. The van der Waals surface area contributed by atoms with Gasteiger partial charge in [-0.1, -0.05) is 0 Å². The van der Waals surface area contributed by atoms with Gasteiger partial charge in [0.05, 0.1) is 7.11 Å². The third-order valence-electron chi connectivity index (χ3n) is 4.09. The van der Waals surface area contributed by atoms with Gasteiger partial charge in [0.2, 0.25) is 0 Å². The number of quaternary nitrogens is 1. The highest BCUT2D eigenvalue weighted by Gasteiger charge is 2.26. The summed E-state index contributed by atoms with van der Waals surface area (Å²) in [5.74, 6) is 0.689. The predicted molar refractivity (Wildman–Crippen MR) is 83.4 cm³/mol. The van der Waals surface area contributed by atoms with Gasteiger partial charge in [-0.05, 0) is 26.0 Å². The summed E-state index contributed by atoms with van der Waals surface area (Å²) < 4.78 is 16.3. The van der Waals surface area contributed by atoms with Gasteiger partial charge in [0.1, 0.15) is 43.2 Å². The molecule has 0 unspecified atom stereocenters. The molecule has 118 valence electrons.